The van der Waals surface area contributed by atoms with Crippen molar-refractivity contribution in [2.75, 3.05) is 20.7 Å². The number of hydrogen-bond donors (Lipinski definition) is 4. The van der Waals surface area contributed by atoms with Crippen LogP contribution in [0.15, 0.2) is 12.1 Å². The fourth-order valence-corrected chi connectivity index (χ4v) is 6.99. The van der Waals surface area contributed by atoms with E-state index >= 15 is 0 Å². The summed E-state index contributed by atoms with van der Waals surface area (Å²) >= 11 is 0. The van der Waals surface area contributed by atoms with Crippen molar-refractivity contribution in [3.63, 3.8) is 0 Å². The van der Waals surface area contributed by atoms with Gasteiger partial charge in [-0.2, -0.15) is 0 Å². The van der Waals surface area contributed by atoms with Crippen LogP contribution in [0, 0.1) is 0 Å². The minimum absolute atomic E-state index is 0.0931. The fraction of sp³-hybridized carbons (Fsp3) is 0.636. The second-order valence-corrected chi connectivity index (χ2v) is 9.37. The number of carboxylic acid groups (broad SMARTS) is 1. The first-order chi connectivity index (χ1) is 14.7. The molecule has 2 heterocycles. The molecular formula is C22H29N3O6. The number of benzene rings is 1. The van der Waals surface area contributed by atoms with Crippen LogP contribution in [0.4, 0.5) is 0 Å². The molecule has 9 heteroatoms. The Hall–Kier alpha value is -2.36. The third-order valence-electron chi connectivity index (χ3n) is 8.17. The smallest absolute Gasteiger partial charge is 0.321 e. The number of phenolic OH excluding ortho intramolecular Hbond substituents is 1. The van der Waals surface area contributed by atoms with E-state index < -0.39 is 35.0 Å². The number of likely N-dealkylation sites (N-methyl/N-ethyl adjacent to an activating group) is 1. The molecule has 2 aliphatic heterocycles. The third kappa shape index (κ3) is 2.54. The Morgan fingerprint density at radius 1 is 1.42 bits per heavy atom. The van der Waals surface area contributed by atoms with E-state index in [9.17, 15) is 19.8 Å². The van der Waals surface area contributed by atoms with Crippen molar-refractivity contribution in [1.82, 2.24) is 10.2 Å². The Morgan fingerprint density at radius 2 is 2.19 bits per heavy atom. The molecule has 5 rings (SSSR count). The van der Waals surface area contributed by atoms with Gasteiger partial charge >= 0.3 is 5.97 Å². The maximum Gasteiger partial charge on any atom is 0.321 e. The van der Waals surface area contributed by atoms with Crippen molar-refractivity contribution in [3.05, 3.63) is 23.3 Å². The number of piperidine rings is 1. The summed E-state index contributed by atoms with van der Waals surface area (Å²) in [4.78, 5) is 25.6. The number of hydrogen-bond acceptors (Lipinski definition) is 7. The van der Waals surface area contributed by atoms with Gasteiger partial charge < -0.3 is 30.3 Å². The van der Waals surface area contributed by atoms with Crippen molar-refractivity contribution in [3.8, 4) is 11.5 Å². The first kappa shape index (κ1) is 20.5. The lowest BCUT2D eigenvalue weighted by Gasteiger charge is -2.65. The molecule has 1 amide bonds. The first-order valence-corrected chi connectivity index (χ1v) is 10.8. The lowest BCUT2D eigenvalue weighted by molar-refractivity contribution is -0.204. The number of likely N-dealkylation sites (tertiary alicyclic amines) is 1. The normalized spacial score (nSPS) is 36.4. The van der Waals surface area contributed by atoms with Crippen LogP contribution in [0.25, 0.3) is 0 Å². The molecule has 31 heavy (non-hydrogen) atoms. The van der Waals surface area contributed by atoms with Gasteiger partial charge in [-0.3, -0.25) is 14.9 Å². The minimum atomic E-state index is -1.12. The highest BCUT2D eigenvalue weighted by Gasteiger charge is 2.73. The number of nitrogens with one attached hydrogen (secondary N) is 1. The molecule has 0 aromatic heterocycles. The number of carbonyl (C=O) groups is 2. The molecule has 1 saturated heterocycles. The molecule has 2 unspecified atom stereocenters. The van der Waals surface area contributed by atoms with Crippen molar-refractivity contribution >= 4 is 11.9 Å². The molecule has 6 atom stereocenters. The average molecular weight is 431 g/mol. The van der Waals surface area contributed by atoms with Crippen LogP contribution in [0.2, 0.25) is 0 Å². The summed E-state index contributed by atoms with van der Waals surface area (Å²) in [5.41, 5.74) is 6.43. The number of carbonyl (C=O) groups excluding carboxylic acids is 1. The molecule has 2 fully saturated rings. The van der Waals surface area contributed by atoms with Gasteiger partial charge in [-0.15, -0.1) is 0 Å². The molecular weight excluding hydrogens is 402 g/mol. The van der Waals surface area contributed by atoms with Crippen molar-refractivity contribution in [1.29, 1.82) is 0 Å². The number of methoxy groups -OCH3 is 1. The van der Waals surface area contributed by atoms with Crippen LogP contribution < -0.4 is 15.8 Å². The van der Waals surface area contributed by atoms with Crippen molar-refractivity contribution < 1.29 is 29.3 Å². The minimum Gasteiger partial charge on any atom is -0.504 e. The molecule has 2 bridgehead atoms. The lowest BCUT2D eigenvalue weighted by Crippen LogP contribution is -2.78. The number of ether oxygens (including phenoxy) is 2. The van der Waals surface area contributed by atoms with Gasteiger partial charge in [-0.05, 0) is 50.9 Å². The molecule has 1 spiro atoms. The zero-order valence-corrected chi connectivity index (χ0v) is 17.8. The highest BCUT2D eigenvalue weighted by Crippen LogP contribution is 2.66. The summed E-state index contributed by atoms with van der Waals surface area (Å²) < 4.78 is 12.8. The molecule has 1 saturated carbocycles. The van der Waals surface area contributed by atoms with Gasteiger partial charge in [-0.25, -0.2) is 0 Å². The van der Waals surface area contributed by atoms with Crippen molar-refractivity contribution in [2.24, 2.45) is 5.73 Å². The van der Waals surface area contributed by atoms with E-state index in [0.29, 0.717) is 18.6 Å². The Balaban J connectivity index is 1.63. The van der Waals surface area contributed by atoms with Crippen molar-refractivity contribution in [2.45, 2.75) is 67.3 Å². The fourth-order valence-electron chi connectivity index (χ4n) is 6.99. The number of aromatic hydroxyl groups is 1. The highest BCUT2D eigenvalue weighted by atomic mass is 16.5. The van der Waals surface area contributed by atoms with Gasteiger partial charge in [0.1, 0.15) is 12.1 Å². The lowest BCUT2D eigenvalue weighted by atomic mass is 9.48. The van der Waals surface area contributed by atoms with Gasteiger partial charge in [0.25, 0.3) is 0 Å². The Kier molecular flexibility index (Phi) is 4.52. The number of phenols is 1. The van der Waals surface area contributed by atoms with E-state index in [1.165, 1.54) is 0 Å². The van der Waals surface area contributed by atoms with E-state index in [0.717, 1.165) is 30.5 Å². The van der Waals surface area contributed by atoms with E-state index in [1.807, 2.05) is 6.07 Å². The molecule has 168 valence electrons. The molecule has 2 aliphatic carbocycles. The average Bonchev–Trinajstić information content (AvgIpc) is 3.08. The zero-order chi connectivity index (χ0) is 22.1. The van der Waals surface area contributed by atoms with Crippen LogP contribution in [0.1, 0.15) is 36.8 Å². The zero-order valence-electron chi connectivity index (χ0n) is 17.8. The number of nitrogens with two attached hydrogens (primary N) is 1. The van der Waals surface area contributed by atoms with Crippen LogP contribution in [0.3, 0.4) is 0 Å². The number of aliphatic carboxylic acids is 1. The monoisotopic (exact) mass is 431 g/mol. The van der Waals surface area contributed by atoms with Crippen LogP contribution >= 0.6 is 0 Å². The number of carboxylic acids is 1. The number of amides is 1. The largest absolute Gasteiger partial charge is 0.504 e. The van der Waals surface area contributed by atoms with Crippen LogP contribution in [0.5, 0.6) is 11.5 Å². The second-order valence-electron chi connectivity index (χ2n) is 9.37. The molecule has 1 aromatic carbocycles. The first-order valence-electron chi connectivity index (χ1n) is 10.8. The predicted molar refractivity (Wildman–Crippen MR) is 110 cm³/mol. The maximum atomic E-state index is 11.8. The molecule has 5 N–H and O–H groups in total. The maximum absolute atomic E-state index is 11.8. The molecule has 9 nitrogen and oxygen atoms in total. The van der Waals surface area contributed by atoms with E-state index in [2.05, 4.69) is 17.3 Å². The van der Waals surface area contributed by atoms with E-state index in [1.54, 1.807) is 13.2 Å². The Bertz CT molecular complexity index is 953. The number of rotatable bonds is 6. The van der Waals surface area contributed by atoms with E-state index in [-0.39, 0.29) is 24.3 Å². The predicted octanol–water partition coefficient (Wildman–Crippen LogP) is 0.117. The Labute approximate surface area is 180 Å². The van der Waals surface area contributed by atoms with Crippen LogP contribution in [-0.4, -0.2) is 77.5 Å². The second kappa shape index (κ2) is 6.82. The SMILES string of the molecule is CO[C@@]12CC[C@H](NC(CC(N)=O)C(=O)O)[C@@H]3Oc4c(O)ccc5c4[C@@]31CCN(C)C2C5. The van der Waals surface area contributed by atoms with Gasteiger partial charge in [-0.1, -0.05) is 6.07 Å². The van der Waals surface area contributed by atoms with E-state index in [4.69, 9.17) is 15.2 Å². The summed E-state index contributed by atoms with van der Waals surface area (Å²) in [6, 6.07) is 2.37. The van der Waals surface area contributed by atoms with Crippen LogP contribution in [-0.2, 0) is 26.2 Å². The quantitative estimate of drug-likeness (QED) is 0.499. The summed E-state index contributed by atoms with van der Waals surface area (Å²) in [7, 11) is 3.87. The van der Waals surface area contributed by atoms with Gasteiger partial charge in [0, 0.05) is 24.8 Å². The Morgan fingerprint density at radius 3 is 2.87 bits per heavy atom. The summed E-state index contributed by atoms with van der Waals surface area (Å²) in [6.07, 6.45) is 2.20. The number of primary amides is 1. The van der Waals surface area contributed by atoms with Gasteiger partial charge in [0.15, 0.2) is 11.5 Å². The van der Waals surface area contributed by atoms with Gasteiger partial charge in [0.05, 0.1) is 17.4 Å². The topological polar surface area (TPSA) is 134 Å². The summed E-state index contributed by atoms with van der Waals surface area (Å²) in [6.45, 7) is 0.848. The highest BCUT2D eigenvalue weighted by molar-refractivity contribution is 5.83. The molecule has 4 aliphatic rings. The standard InChI is InChI=1S/C22H29N3O6/c1-25-8-7-21-17-11-3-4-14(26)18(17)31-19(21)12(24-13(20(28)29)10-16(23)27)5-6-22(21,30-2)15(25)9-11/h3-4,12-13,15,19,24,26H,5-10H2,1-2H3,(H2,23,27)(H,28,29)/t12-,13?,15?,19-,21-,22+/m0/s1. The number of nitrogens with zero attached hydrogens (tertiary/aromatic N) is 1. The molecule has 1 aromatic rings. The summed E-state index contributed by atoms with van der Waals surface area (Å²) in [5.74, 6) is -1.21. The third-order valence-corrected chi connectivity index (χ3v) is 8.17. The molecule has 0 radical (unpaired) electrons. The summed E-state index contributed by atoms with van der Waals surface area (Å²) in [5, 5.41) is 23.4. The van der Waals surface area contributed by atoms with Gasteiger partial charge in [0.2, 0.25) is 5.91 Å².